The topological polar surface area (TPSA) is 34.4 Å². The van der Waals surface area contributed by atoms with Gasteiger partial charge in [0.2, 0.25) is 0 Å². The third-order valence-electron chi connectivity index (χ3n) is 2.51. The smallest absolute Gasteiger partial charge is 0.268 e. The fourth-order valence-electron chi connectivity index (χ4n) is 1.62. The van der Waals surface area contributed by atoms with E-state index in [1.165, 1.54) is 0 Å². The lowest BCUT2D eigenvalue weighted by molar-refractivity contribution is 0.768. The van der Waals surface area contributed by atoms with Gasteiger partial charge in [-0.1, -0.05) is 19.4 Å². The van der Waals surface area contributed by atoms with Gasteiger partial charge >= 0.3 is 0 Å². The molecule has 0 atom stereocenters. The molecular weight excluding hydrogens is 268 g/mol. The molecule has 0 N–H and O–H groups in total. The Kier molecular flexibility index (Phi) is 3.39. The van der Waals surface area contributed by atoms with Gasteiger partial charge in [0.15, 0.2) is 0 Å². The van der Waals surface area contributed by atoms with E-state index in [-0.39, 0.29) is 5.56 Å². The summed E-state index contributed by atoms with van der Waals surface area (Å²) in [6, 6.07) is 5.57. The predicted molar refractivity (Wildman–Crippen MR) is 67.8 cm³/mol. The summed E-state index contributed by atoms with van der Waals surface area (Å²) in [5.74, 6) is 0. The highest BCUT2D eigenvalue weighted by atomic mass is 79.9. The molecule has 0 spiro atoms. The van der Waals surface area contributed by atoms with Crippen molar-refractivity contribution in [2.75, 3.05) is 0 Å². The van der Waals surface area contributed by atoms with Crippen LogP contribution >= 0.6 is 15.9 Å². The number of fused-ring (bicyclic) bond motifs is 1. The van der Waals surface area contributed by atoms with E-state index < -0.39 is 0 Å². The molecule has 2 heterocycles. The standard InChI is InChI=1S/C12H13BrN2O/c1-2-3-6-9-11(13)12(16)15-8-5-4-7-10(15)14-9/h4-5,7-8H,2-3,6H2,1H3. The number of halogens is 1. The quantitative estimate of drug-likeness (QED) is 0.867. The fourth-order valence-corrected chi connectivity index (χ4v) is 2.10. The Labute approximate surface area is 102 Å². The van der Waals surface area contributed by atoms with Crippen molar-refractivity contribution in [2.45, 2.75) is 26.2 Å². The van der Waals surface area contributed by atoms with Crippen molar-refractivity contribution in [3.05, 3.63) is 44.9 Å². The Morgan fingerprint density at radius 2 is 2.25 bits per heavy atom. The van der Waals surface area contributed by atoms with Crippen LogP contribution in [0.25, 0.3) is 5.65 Å². The lowest BCUT2D eigenvalue weighted by Gasteiger charge is -2.05. The van der Waals surface area contributed by atoms with Gasteiger partial charge < -0.3 is 0 Å². The summed E-state index contributed by atoms with van der Waals surface area (Å²) in [6.45, 7) is 2.13. The van der Waals surface area contributed by atoms with Crippen LogP contribution in [0.2, 0.25) is 0 Å². The van der Waals surface area contributed by atoms with Crippen molar-refractivity contribution >= 4 is 21.6 Å². The molecule has 0 aromatic carbocycles. The molecule has 0 radical (unpaired) electrons. The SMILES string of the molecule is CCCCc1nc2ccccn2c(=O)c1Br. The number of hydrogen-bond acceptors (Lipinski definition) is 2. The van der Waals surface area contributed by atoms with Gasteiger partial charge in [-0.15, -0.1) is 0 Å². The van der Waals surface area contributed by atoms with Gasteiger partial charge in [0.1, 0.15) is 10.1 Å². The van der Waals surface area contributed by atoms with Crippen LogP contribution in [0.4, 0.5) is 0 Å². The second-order valence-corrected chi connectivity index (χ2v) is 4.50. The van der Waals surface area contributed by atoms with E-state index in [0.717, 1.165) is 25.0 Å². The van der Waals surface area contributed by atoms with E-state index in [2.05, 4.69) is 27.8 Å². The van der Waals surface area contributed by atoms with Crippen LogP contribution in [0.15, 0.2) is 33.7 Å². The zero-order valence-corrected chi connectivity index (χ0v) is 10.7. The number of unbranched alkanes of at least 4 members (excludes halogenated alkanes) is 1. The van der Waals surface area contributed by atoms with E-state index in [1.807, 2.05) is 18.2 Å². The normalized spacial score (nSPS) is 10.9. The van der Waals surface area contributed by atoms with E-state index in [4.69, 9.17) is 0 Å². The minimum Gasteiger partial charge on any atom is -0.268 e. The second kappa shape index (κ2) is 4.78. The van der Waals surface area contributed by atoms with Gasteiger partial charge in [0.25, 0.3) is 5.56 Å². The third kappa shape index (κ3) is 2.02. The maximum Gasteiger partial charge on any atom is 0.272 e. The number of hydrogen-bond donors (Lipinski definition) is 0. The van der Waals surface area contributed by atoms with Crippen molar-refractivity contribution in [2.24, 2.45) is 0 Å². The average Bonchev–Trinajstić information content (AvgIpc) is 2.32. The fraction of sp³-hybridized carbons (Fsp3) is 0.333. The summed E-state index contributed by atoms with van der Waals surface area (Å²) in [7, 11) is 0. The largest absolute Gasteiger partial charge is 0.272 e. The van der Waals surface area contributed by atoms with Crippen LogP contribution in [0, 0.1) is 0 Å². The van der Waals surface area contributed by atoms with Crippen molar-refractivity contribution in [1.82, 2.24) is 9.38 Å². The molecule has 16 heavy (non-hydrogen) atoms. The molecule has 0 aliphatic carbocycles. The summed E-state index contributed by atoms with van der Waals surface area (Å²) in [5, 5.41) is 0. The van der Waals surface area contributed by atoms with E-state index in [0.29, 0.717) is 10.1 Å². The first kappa shape index (κ1) is 11.3. The second-order valence-electron chi connectivity index (χ2n) is 3.71. The molecule has 2 aromatic heterocycles. The molecule has 2 rings (SSSR count). The molecule has 4 heteroatoms. The van der Waals surface area contributed by atoms with Crippen molar-refractivity contribution in [1.29, 1.82) is 0 Å². The Bertz CT molecular complexity index is 562. The van der Waals surface area contributed by atoms with Crippen LogP contribution in [-0.4, -0.2) is 9.38 Å². The Hall–Kier alpha value is -1.16. The van der Waals surface area contributed by atoms with Gasteiger partial charge in [-0.25, -0.2) is 4.98 Å². The summed E-state index contributed by atoms with van der Waals surface area (Å²) < 4.78 is 2.14. The molecule has 0 aliphatic heterocycles. The highest BCUT2D eigenvalue weighted by molar-refractivity contribution is 9.10. The number of aryl methyl sites for hydroxylation is 1. The van der Waals surface area contributed by atoms with Gasteiger partial charge in [-0.2, -0.15) is 0 Å². The summed E-state index contributed by atoms with van der Waals surface area (Å²) in [5.41, 5.74) is 1.54. The van der Waals surface area contributed by atoms with E-state index in [1.54, 1.807) is 10.6 Å². The molecule has 0 fully saturated rings. The molecule has 84 valence electrons. The van der Waals surface area contributed by atoms with Gasteiger partial charge in [-0.05, 0) is 40.9 Å². The van der Waals surface area contributed by atoms with Gasteiger partial charge in [-0.3, -0.25) is 9.20 Å². The average molecular weight is 281 g/mol. The molecule has 0 amide bonds. The molecule has 3 nitrogen and oxygen atoms in total. The maximum atomic E-state index is 12.0. The van der Waals surface area contributed by atoms with Crippen LogP contribution in [0.1, 0.15) is 25.5 Å². The Morgan fingerprint density at radius 1 is 1.44 bits per heavy atom. The highest BCUT2D eigenvalue weighted by Gasteiger charge is 2.08. The molecular formula is C12H13BrN2O. The molecule has 0 aliphatic rings. The third-order valence-corrected chi connectivity index (χ3v) is 3.31. The first-order valence-corrected chi connectivity index (χ1v) is 6.19. The van der Waals surface area contributed by atoms with Crippen LogP contribution < -0.4 is 5.56 Å². The van der Waals surface area contributed by atoms with E-state index >= 15 is 0 Å². The van der Waals surface area contributed by atoms with Crippen molar-refractivity contribution in [3.8, 4) is 0 Å². The van der Waals surface area contributed by atoms with Crippen molar-refractivity contribution < 1.29 is 0 Å². The minimum absolute atomic E-state index is 0.0308. The van der Waals surface area contributed by atoms with Crippen molar-refractivity contribution in [3.63, 3.8) is 0 Å². The summed E-state index contributed by atoms with van der Waals surface area (Å²) in [4.78, 5) is 16.5. The molecule has 0 unspecified atom stereocenters. The summed E-state index contributed by atoms with van der Waals surface area (Å²) >= 11 is 3.34. The lowest BCUT2D eigenvalue weighted by atomic mass is 10.2. The predicted octanol–water partition coefficient (Wildman–Crippen LogP) is 2.80. The molecule has 0 saturated heterocycles. The van der Waals surface area contributed by atoms with Crippen LogP contribution in [-0.2, 0) is 6.42 Å². The first-order chi connectivity index (χ1) is 7.74. The van der Waals surface area contributed by atoms with Crippen LogP contribution in [0.3, 0.4) is 0 Å². The summed E-state index contributed by atoms with van der Waals surface area (Å²) in [6.07, 6.45) is 4.73. The number of nitrogens with zero attached hydrogens (tertiary/aromatic N) is 2. The number of aromatic nitrogens is 2. The zero-order valence-electron chi connectivity index (χ0n) is 9.11. The van der Waals surface area contributed by atoms with Gasteiger partial charge in [0.05, 0.1) is 5.69 Å². The minimum atomic E-state index is -0.0308. The van der Waals surface area contributed by atoms with Gasteiger partial charge in [0, 0.05) is 6.20 Å². The number of pyridine rings is 1. The lowest BCUT2D eigenvalue weighted by Crippen LogP contribution is -2.17. The first-order valence-electron chi connectivity index (χ1n) is 5.40. The highest BCUT2D eigenvalue weighted by Crippen LogP contribution is 2.13. The van der Waals surface area contributed by atoms with Crippen LogP contribution in [0.5, 0.6) is 0 Å². The monoisotopic (exact) mass is 280 g/mol. The molecule has 2 aromatic rings. The maximum absolute atomic E-state index is 12.0. The van der Waals surface area contributed by atoms with E-state index in [9.17, 15) is 4.79 Å². The Balaban J connectivity index is 2.60. The molecule has 0 saturated carbocycles. The number of rotatable bonds is 3. The molecule has 0 bridgehead atoms. The Morgan fingerprint density at radius 3 is 3.00 bits per heavy atom. The zero-order chi connectivity index (χ0) is 11.5.